The third-order valence-electron chi connectivity index (χ3n) is 5.56. The lowest BCUT2D eigenvalue weighted by Gasteiger charge is -2.30. The molecule has 0 saturated heterocycles. The first-order valence-electron chi connectivity index (χ1n) is 10.7. The van der Waals surface area contributed by atoms with Gasteiger partial charge in [0, 0.05) is 60.1 Å². The maximum atomic E-state index is 12.4. The maximum Gasteiger partial charge on any atom is 0.253 e. The zero-order valence-corrected chi connectivity index (χ0v) is 19.1. The molecule has 0 aromatic heterocycles. The summed E-state index contributed by atoms with van der Waals surface area (Å²) < 4.78 is 12.1. The number of benzene rings is 1. The van der Waals surface area contributed by atoms with Gasteiger partial charge in [0.1, 0.15) is 0 Å². The van der Waals surface area contributed by atoms with E-state index >= 15 is 0 Å². The number of amides is 1. The zero-order valence-electron chi connectivity index (χ0n) is 18.2. The van der Waals surface area contributed by atoms with E-state index in [-0.39, 0.29) is 5.91 Å². The number of carbonyl (C=O) groups excluding carboxylic acids is 1. The van der Waals surface area contributed by atoms with E-state index in [1.165, 1.54) is 0 Å². The molecular formula is C22H36N4O2S. The Bertz CT molecular complexity index is 701. The van der Waals surface area contributed by atoms with Gasteiger partial charge in [-0.1, -0.05) is 25.5 Å². The van der Waals surface area contributed by atoms with Gasteiger partial charge < -0.3 is 15.5 Å². The fourth-order valence-corrected chi connectivity index (χ4v) is 5.13. The van der Waals surface area contributed by atoms with Gasteiger partial charge >= 0.3 is 0 Å². The van der Waals surface area contributed by atoms with Crippen LogP contribution in [0.5, 0.6) is 0 Å². The first kappa shape index (κ1) is 23.4. The van der Waals surface area contributed by atoms with Crippen LogP contribution in [0.3, 0.4) is 0 Å². The number of aliphatic imine (C=N–C) groups is 1. The van der Waals surface area contributed by atoms with Gasteiger partial charge in [0.25, 0.3) is 5.91 Å². The highest BCUT2D eigenvalue weighted by Gasteiger charge is 2.26. The second kappa shape index (κ2) is 12.0. The van der Waals surface area contributed by atoms with Crippen LogP contribution in [0.15, 0.2) is 29.3 Å². The SMILES string of the molecule is CCN(CC)C(=O)c1ccc(CNC(=NC)NC2CCCC(S(=O)CC)C2)cc1. The Morgan fingerprint density at radius 3 is 2.45 bits per heavy atom. The third-order valence-corrected chi connectivity index (χ3v) is 7.30. The Balaban J connectivity index is 1.87. The molecule has 162 valence electrons. The van der Waals surface area contributed by atoms with Crippen LogP contribution in [0.2, 0.25) is 0 Å². The summed E-state index contributed by atoms with van der Waals surface area (Å²) >= 11 is 0. The van der Waals surface area contributed by atoms with E-state index in [1.54, 1.807) is 7.05 Å². The minimum Gasteiger partial charge on any atom is -0.354 e. The second-order valence-corrected chi connectivity index (χ2v) is 9.40. The average molecular weight is 421 g/mol. The Labute approximate surface area is 178 Å². The summed E-state index contributed by atoms with van der Waals surface area (Å²) in [5, 5.41) is 7.13. The molecule has 0 radical (unpaired) electrons. The van der Waals surface area contributed by atoms with Crippen molar-refractivity contribution < 1.29 is 9.00 Å². The van der Waals surface area contributed by atoms with Gasteiger partial charge in [0.05, 0.1) is 0 Å². The molecule has 0 spiro atoms. The summed E-state index contributed by atoms with van der Waals surface area (Å²) in [4.78, 5) is 18.6. The Morgan fingerprint density at radius 1 is 1.17 bits per heavy atom. The number of carbonyl (C=O) groups is 1. The largest absolute Gasteiger partial charge is 0.354 e. The van der Waals surface area contributed by atoms with Crippen molar-refractivity contribution in [3.05, 3.63) is 35.4 Å². The predicted molar refractivity (Wildman–Crippen MR) is 122 cm³/mol. The van der Waals surface area contributed by atoms with E-state index in [2.05, 4.69) is 15.6 Å². The van der Waals surface area contributed by atoms with E-state index < -0.39 is 10.8 Å². The Hall–Kier alpha value is -1.89. The lowest BCUT2D eigenvalue weighted by Crippen LogP contribution is -2.46. The normalized spacial score (nSPS) is 20.8. The van der Waals surface area contributed by atoms with Crippen molar-refractivity contribution in [2.24, 2.45) is 4.99 Å². The van der Waals surface area contributed by atoms with Crippen LogP contribution in [0.4, 0.5) is 0 Å². The van der Waals surface area contributed by atoms with E-state index in [0.717, 1.165) is 48.5 Å². The molecular weight excluding hydrogens is 384 g/mol. The van der Waals surface area contributed by atoms with Gasteiger partial charge in [-0.05, 0) is 50.8 Å². The molecule has 1 fully saturated rings. The van der Waals surface area contributed by atoms with Crippen molar-refractivity contribution in [2.45, 2.75) is 64.3 Å². The number of nitrogens with one attached hydrogen (secondary N) is 2. The highest BCUT2D eigenvalue weighted by molar-refractivity contribution is 7.85. The molecule has 1 aliphatic rings. The molecule has 1 aromatic carbocycles. The molecule has 1 amide bonds. The zero-order chi connectivity index (χ0) is 21.2. The van der Waals surface area contributed by atoms with Crippen molar-refractivity contribution in [1.29, 1.82) is 0 Å². The average Bonchev–Trinajstić information content (AvgIpc) is 2.77. The summed E-state index contributed by atoms with van der Waals surface area (Å²) in [6.45, 7) is 8.05. The van der Waals surface area contributed by atoms with E-state index in [4.69, 9.17) is 0 Å². The van der Waals surface area contributed by atoms with E-state index in [9.17, 15) is 9.00 Å². The molecule has 3 unspecified atom stereocenters. The lowest BCUT2D eigenvalue weighted by molar-refractivity contribution is 0.0773. The number of hydrogen-bond acceptors (Lipinski definition) is 3. The summed E-state index contributed by atoms with van der Waals surface area (Å²) in [6, 6.07) is 8.06. The number of hydrogen-bond donors (Lipinski definition) is 2. The van der Waals surface area contributed by atoms with Crippen LogP contribution < -0.4 is 10.6 Å². The first-order valence-corrected chi connectivity index (χ1v) is 12.1. The minimum absolute atomic E-state index is 0.0725. The van der Waals surface area contributed by atoms with Crippen LogP contribution in [0, 0.1) is 0 Å². The van der Waals surface area contributed by atoms with Crippen LogP contribution in [-0.4, -0.2) is 58.2 Å². The molecule has 1 aliphatic carbocycles. The molecule has 6 nitrogen and oxygen atoms in total. The molecule has 1 saturated carbocycles. The van der Waals surface area contributed by atoms with Crippen LogP contribution >= 0.6 is 0 Å². The van der Waals surface area contributed by atoms with Crippen LogP contribution in [0.1, 0.15) is 62.4 Å². The molecule has 2 rings (SSSR count). The molecule has 29 heavy (non-hydrogen) atoms. The highest BCUT2D eigenvalue weighted by atomic mass is 32.2. The van der Waals surface area contributed by atoms with Crippen LogP contribution in [-0.2, 0) is 17.3 Å². The van der Waals surface area contributed by atoms with Gasteiger partial charge in [-0.2, -0.15) is 0 Å². The third kappa shape index (κ3) is 6.84. The maximum absolute atomic E-state index is 12.4. The van der Waals surface area contributed by atoms with E-state index in [0.29, 0.717) is 30.9 Å². The monoisotopic (exact) mass is 420 g/mol. The number of nitrogens with zero attached hydrogens (tertiary/aromatic N) is 2. The molecule has 0 aliphatic heterocycles. The number of guanidine groups is 1. The van der Waals surface area contributed by atoms with Crippen LogP contribution in [0.25, 0.3) is 0 Å². The predicted octanol–water partition coefficient (Wildman–Crippen LogP) is 2.91. The Kier molecular flexibility index (Phi) is 9.64. The topological polar surface area (TPSA) is 73.8 Å². The summed E-state index contributed by atoms with van der Waals surface area (Å²) in [5.74, 6) is 1.57. The summed E-state index contributed by atoms with van der Waals surface area (Å²) in [6.07, 6.45) is 4.18. The van der Waals surface area contributed by atoms with E-state index in [1.807, 2.05) is 49.9 Å². The van der Waals surface area contributed by atoms with Crippen molar-refractivity contribution >= 4 is 22.7 Å². The highest BCUT2D eigenvalue weighted by Crippen LogP contribution is 2.23. The second-order valence-electron chi connectivity index (χ2n) is 7.40. The summed E-state index contributed by atoms with van der Waals surface area (Å²) in [5.41, 5.74) is 1.81. The molecule has 1 aromatic rings. The lowest BCUT2D eigenvalue weighted by atomic mass is 9.95. The van der Waals surface area contributed by atoms with Gasteiger partial charge in [-0.15, -0.1) is 0 Å². The first-order chi connectivity index (χ1) is 14.0. The smallest absolute Gasteiger partial charge is 0.253 e. The van der Waals surface area contributed by atoms with Gasteiger partial charge in [0.15, 0.2) is 5.96 Å². The van der Waals surface area contributed by atoms with Crippen molar-refractivity contribution in [2.75, 3.05) is 25.9 Å². The van der Waals surface area contributed by atoms with Gasteiger partial charge in [0.2, 0.25) is 0 Å². The molecule has 2 N–H and O–H groups in total. The molecule has 3 atom stereocenters. The minimum atomic E-state index is -0.727. The number of rotatable bonds is 8. The molecule has 0 bridgehead atoms. The molecule has 0 heterocycles. The van der Waals surface area contributed by atoms with Crippen molar-refractivity contribution in [3.8, 4) is 0 Å². The molecule has 7 heteroatoms. The summed E-state index contributed by atoms with van der Waals surface area (Å²) in [7, 11) is 1.04. The van der Waals surface area contributed by atoms with Crippen molar-refractivity contribution in [1.82, 2.24) is 15.5 Å². The van der Waals surface area contributed by atoms with Gasteiger partial charge in [-0.3, -0.25) is 14.0 Å². The standard InChI is InChI=1S/C22H36N4O2S/c1-5-26(6-2)21(27)18-13-11-17(12-14-18)16-24-22(23-4)25-19-9-8-10-20(15-19)29(28)7-3/h11-14,19-20H,5-10,15-16H2,1-4H3,(H2,23,24,25). The van der Waals surface area contributed by atoms with Gasteiger partial charge in [-0.25, -0.2) is 0 Å². The fraction of sp³-hybridized carbons (Fsp3) is 0.636. The quantitative estimate of drug-likeness (QED) is 0.501. The Morgan fingerprint density at radius 2 is 1.86 bits per heavy atom. The van der Waals surface area contributed by atoms with Crippen molar-refractivity contribution in [3.63, 3.8) is 0 Å². The fourth-order valence-electron chi connectivity index (χ4n) is 3.78.